The second kappa shape index (κ2) is 7.39. The van der Waals surface area contributed by atoms with Crippen molar-refractivity contribution >= 4 is 5.82 Å². The number of piperidine rings is 1. The minimum atomic E-state index is 0.609. The van der Waals surface area contributed by atoms with Crippen molar-refractivity contribution in [3.05, 3.63) is 30.1 Å². The summed E-state index contributed by atoms with van der Waals surface area (Å²) in [4.78, 5) is 18.1. The molecule has 2 aliphatic rings. The first-order valence-corrected chi connectivity index (χ1v) is 9.20. The van der Waals surface area contributed by atoms with E-state index >= 15 is 0 Å². The number of anilines is 1. The van der Waals surface area contributed by atoms with Crippen molar-refractivity contribution in [1.82, 2.24) is 24.4 Å². The second-order valence-electron chi connectivity index (χ2n) is 6.81. The molecule has 0 bridgehead atoms. The molecular weight excluding hydrogens is 316 g/mol. The smallest absolute Gasteiger partial charge is 0.218 e. The molecule has 0 spiro atoms. The van der Waals surface area contributed by atoms with Gasteiger partial charge in [0.2, 0.25) is 5.88 Å². The monoisotopic (exact) mass is 342 g/mol. The molecule has 0 amide bonds. The van der Waals surface area contributed by atoms with Gasteiger partial charge in [0.25, 0.3) is 0 Å². The van der Waals surface area contributed by atoms with Crippen LogP contribution in [-0.4, -0.2) is 57.7 Å². The lowest BCUT2D eigenvalue weighted by molar-refractivity contribution is 0.216. The van der Waals surface area contributed by atoms with E-state index in [2.05, 4.69) is 30.5 Å². The number of rotatable bonds is 4. The molecule has 0 saturated carbocycles. The second-order valence-corrected chi connectivity index (χ2v) is 6.81. The Morgan fingerprint density at radius 2 is 1.88 bits per heavy atom. The van der Waals surface area contributed by atoms with Crippen LogP contribution in [0.1, 0.15) is 30.8 Å². The van der Waals surface area contributed by atoms with Crippen molar-refractivity contribution in [3.8, 4) is 5.88 Å². The van der Waals surface area contributed by atoms with Crippen LogP contribution in [0.4, 0.5) is 5.82 Å². The molecule has 0 aromatic carbocycles. The number of hydrogen-bond donors (Lipinski definition) is 0. The van der Waals surface area contributed by atoms with E-state index in [0.29, 0.717) is 5.88 Å². The largest absolute Gasteiger partial charge is 0.481 e. The van der Waals surface area contributed by atoms with Gasteiger partial charge < -0.3 is 14.2 Å². The normalized spacial score (nSPS) is 18.7. The Hall–Kier alpha value is -2.15. The summed E-state index contributed by atoms with van der Waals surface area (Å²) in [5, 5.41) is 0. The molecule has 7 nitrogen and oxygen atoms in total. The van der Waals surface area contributed by atoms with Gasteiger partial charge in [0.15, 0.2) is 0 Å². The van der Waals surface area contributed by atoms with E-state index in [9.17, 15) is 0 Å². The molecule has 1 fully saturated rings. The predicted octanol–water partition coefficient (Wildman–Crippen LogP) is 1.73. The van der Waals surface area contributed by atoms with Gasteiger partial charge in [-0.05, 0) is 25.9 Å². The Balaban J connectivity index is 1.46. The summed E-state index contributed by atoms with van der Waals surface area (Å²) in [7, 11) is 1.64. The quantitative estimate of drug-likeness (QED) is 0.843. The Kier molecular flexibility index (Phi) is 4.83. The molecule has 4 heterocycles. The maximum atomic E-state index is 5.23. The number of fused-ring (bicyclic) bond motifs is 1. The lowest BCUT2D eigenvalue weighted by atomic mass is 10.1. The van der Waals surface area contributed by atoms with E-state index < -0.39 is 0 Å². The van der Waals surface area contributed by atoms with Crippen LogP contribution in [0, 0.1) is 0 Å². The summed E-state index contributed by atoms with van der Waals surface area (Å²) in [5.41, 5.74) is 1.35. The highest BCUT2D eigenvalue weighted by Gasteiger charge is 2.20. The molecule has 2 aromatic rings. The van der Waals surface area contributed by atoms with E-state index in [1.165, 1.54) is 43.9 Å². The van der Waals surface area contributed by atoms with Gasteiger partial charge in [0, 0.05) is 44.9 Å². The molecule has 0 N–H and O–H groups in total. The first-order chi connectivity index (χ1) is 12.3. The van der Waals surface area contributed by atoms with Gasteiger partial charge in [-0.25, -0.2) is 15.0 Å². The highest BCUT2D eigenvalue weighted by atomic mass is 16.5. The van der Waals surface area contributed by atoms with Gasteiger partial charge in [-0.15, -0.1) is 0 Å². The van der Waals surface area contributed by atoms with Crippen LogP contribution >= 0.6 is 0 Å². The van der Waals surface area contributed by atoms with Crippen molar-refractivity contribution in [2.75, 3.05) is 38.2 Å². The zero-order valence-corrected chi connectivity index (χ0v) is 14.9. The van der Waals surface area contributed by atoms with E-state index in [1.54, 1.807) is 13.4 Å². The first-order valence-electron chi connectivity index (χ1n) is 9.20. The minimum Gasteiger partial charge on any atom is -0.481 e. The van der Waals surface area contributed by atoms with Crippen LogP contribution in [0.3, 0.4) is 0 Å². The van der Waals surface area contributed by atoms with Crippen LogP contribution in [0.15, 0.2) is 18.6 Å². The summed E-state index contributed by atoms with van der Waals surface area (Å²) in [6, 6.07) is 1.91. The van der Waals surface area contributed by atoms with Gasteiger partial charge in [0.05, 0.1) is 12.8 Å². The van der Waals surface area contributed by atoms with E-state index in [1.807, 2.05) is 6.07 Å². The van der Waals surface area contributed by atoms with Gasteiger partial charge in [-0.1, -0.05) is 6.42 Å². The maximum absolute atomic E-state index is 5.23. The number of ether oxygens (including phenoxy) is 1. The molecule has 0 unspecified atom stereocenters. The minimum absolute atomic E-state index is 0.609. The average Bonchev–Trinajstić information content (AvgIpc) is 2.91. The highest BCUT2D eigenvalue weighted by Crippen LogP contribution is 2.20. The number of imidazole rings is 1. The summed E-state index contributed by atoms with van der Waals surface area (Å²) in [6.07, 6.45) is 8.60. The lowest BCUT2D eigenvalue weighted by Gasteiger charge is -2.26. The van der Waals surface area contributed by atoms with Crippen LogP contribution < -0.4 is 9.64 Å². The molecule has 2 aromatic heterocycles. The first kappa shape index (κ1) is 16.3. The molecule has 7 heteroatoms. The van der Waals surface area contributed by atoms with Crippen molar-refractivity contribution in [1.29, 1.82) is 0 Å². The van der Waals surface area contributed by atoms with Crippen molar-refractivity contribution in [3.63, 3.8) is 0 Å². The Morgan fingerprint density at radius 1 is 1.00 bits per heavy atom. The van der Waals surface area contributed by atoms with Gasteiger partial charge in [-0.2, -0.15) is 0 Å². The van der Waals surface area contributed by atoms with E-state index in [4.69, 9.17) is 9.72 Å². The third-order valence-electron chi connectivity index (χ3n) is 5.21. The fraction of sp³-hybridized carbons (Fsp3) is 0.611. The molecule has 4 rings (SSSR count). The average molecular weight is 342 g/mol. The molecular formula is C18H26N6O. The zero-order chi connectivity index (χ0) is 17.1. The molecule has 2 aliphatic heterocycles. The molecule has 0 atom stereocenters. The van der Waals surface area contributed by atoms with Crippen LogP contribution in [-0.2, 0) is 19.5 Å². The van der Waals surface area contributed by atoms with Gasteiger partial charge >= 0.3 is 0 Å². The molecule has 25 heavy (non-hydrogen) atoms. The van der Waals surface area contributed by atoms with Crippen molar-refractivity contribution in [2.45, 2.75) is 38.8 Å². The fourth-order valence-corrected chi connectivity index (χ4v) is 3.81. The van der Waals surface area contributed by atoms with Gasteiger partial charge in [0.1, 0.15) is 18.0 Å². The molecule has 0 aliphatic carbocycles. The topological polar surface area (TPSA) is 59.3 Å². The third-order valence-corrected chi connectivity index (χ3v) is 5.21. The summed E-state index contributed by atoms with van der Waals surface area (Å²) in [6.45, 7) is 6.25. The van der Waals surface area contributed by atoms with Crippen molar-refractivity contribution in [2.24, 2.45) is 0 Å². The number of likely N-dealkylation sites (tertiary alicyclic amines) is 1. The molecule has 0 radical (unpaired) electrons. The number of nitrogens with zero attached hydrogens (tertiary/aromatic N) is 6. The number of aromatic nitrogens is 4. The molecule has 134 valence electrons. The van der Waals surface area contributed by atoms with Crippen LogP contribution in [0.25, 0.3) is 0 Å². The van der Waals surface area contributed by atoms with Crippen LogP contribution in [0.2, 0.25) is 0 Å². The Bertz CT molecular complexity index is 709. The number of hydrogen-bond acceptors (Lipinski definition) is 6. The summed E-state index contributed by atoms with van der Waals surface area (Å²) >= 11 is 0. The maximum Gasteiger partial charge on any atom is 0.218 e. The third kappa shape index (κ3) is 3.61. The van der Waals surface area contributed by atoms with E-state index in [0.717, 1.165) is 38.4 Å². The van der Waals surface area contributed by atoms with Gasteiger partial charge in [-0.3, -0.25) is 4.90 Å². The molecule has 1 saturated heterocycles. The predicted molar refractivity (Wildman–Crippen MR) is 95.9 cm³/mol. The summed E-state index contributed by atoms with van der Waals surface area (Å²) in [5.74, 6) is 2.73. The Morgan fingerprint density at radius 3 is 2.72 bits per heavy atom. The Labute approximate surface area is 148 Å². The zero-order valence-electron chi connectivity index (χ0n) is 14.9. The fourth-order valence-electron chi connectivity index (χ4n) is 3.81. The number of methoxy groups -OCH3 is 1. The highest BCUT2D eigenvalue weighted by molar-refractivity contribution is 5.41. The summed E-state index contributed by atoms with van der Waals surface area (Å²) < 4.78 is 7.64. The standard InChI is InChI=1S/C18H26N6O/c1-25-18-11-17(20-14-21-18)23-8-5-16-19-12-15(24(16)10-9-23)13-22-6-3-2-4-7-22/h11-12,14H,2-10,13H2,1H3. The van der Waals surface area contributed by atoms with Crippen molar-refractivity contribution < 1.29 is 4.74 Å². The lowest BCUT2D eigenvalue weighted by Crippen LogP contribution is -2.31. The van der Waals surface area contributed by atoms with E-state index in [-0.39, 0.29) is 0 Å². The SMILES string of the molecule is COc1cc(N2CCc3ncc(CN4CCCCC4)n3CC2)ncn1. The van der Waals surface area contributed by atoms with Crippen LogP contribution in [0.5, 0.6) is 5.88 Å².